The maximum atomic E-state index is 9.20. The second-order valence-corrected chi connectivity index (χ2v) is 4.26. The fraction of sp³-hybridized carbons (Fsp3) is 0.385. The van der Waals surface area contributed by atoms with Gasteiger partial charge in [-0.1, -0.05) is 18.2 Å². The van der Waals surface area contributed by atoms with Gasteiger partial charge in [-0.2, -0.15) is 0 Å². The Balaban J connectivity index is 2.39. The fourth-order valence-electron chi connectivity index (χ4n) is 2.11. The van der Waals surface area contributed by atoms with Crippen LogP contribution in [-0.2, 0) is 6.42 Å². The number of aliphatic hydroxyl groups excluding tert-OH is 1. The van der Waals surface area contributed by atoms with Crippen LogP contribution >= 0.6 is 0 Å². The van der Waals surface area contributed by atoms with Crippen LogP contribution in [0.25, 0.3) is 10.9 Å². The second kappa shape index (κ2) is 4.68. The van der Waals surface area contributed by atoms with E-state index < -0.39 is 0 Å². The number of hydrogen-bond acceptors (Lipinski definition) is 2. The molecule has 0 fully saturated rings. The van der Waals surface area contributed by atoms with E-state index in [1.165, 1.54) is 16.6 Å². The number of aromatic nitrogens is 1. The number of nitrogens with two attached hydrogens (primary N) is 1. The topological polar surface area (TPSA) is 62.0 Å². The standard InChI is InChI=1S/C13H18N2O/c1-9-12(6-10(7-14)8-16)11-4-2-3-5-13(11)15-9/h2-5,10,15-16H,6-8,14H2,1H3. The lowest BCUT2D eigenvalue weighted by Crippen LogP contribution is -2.20. The molecule has 4 N–H and O–H groups in total. The summed E-state index contributed by atoms with van der Waals surface area (Å²) in [5.74, 6) is 0.151. The number of aliphatic hydroxyl groups is 1. The van der Waals surface area contributed by atoms with Crippen LogP contribution in [0.2, 0.25) is 0 Å². The van der Waals surface area contributed by atoms with Crippen LogP contribution in [0.3, 0.4) is 0 Å². The van der Waals surface area contributed by atoms with Crippen molar-refractivity contribution in [1.82, 2.24) is 4.98 Å². The first-order valence-corrected chi connectivity index (χ1v) is 5.63. The average Bonchev–Trinajstić information content (AvgIpc) is 2.62. The van der Waals surface area contributed by atoms with Gasteiger partial charge in [0.1, 0.15) is 0 Å². The van der Waals surface area contributed by atoms with Crippen LogP contribution in [0.5, 0.6) is 0 Å². The molecule has 1 atom stereocenters. The zero-order chi connectivity index (χ0) is 11.5. The van der Waals surface area contributed by atoms with Crippen molar-refractivity contribution in [2.75, 3.05) is 13.2 Å². The second-order valence-electron chi connectivity index (χ2n) is 4.26. The molecule has 3 heteroatoms. The zero-order valence-corrected chi connectivity index (χ0v) is 9.53. The highest BCUT2D eigenvalue weighted by molar-refractivity contribution is 5.84. The number of aromatic amines is 1. The molecule has 0 aliphatic rings. The molecule has 0 aliphatic heterocycles. The molecule has 16 heavy (non-hydrogen) atoms. The third-order valence-corrected chi connectivity index (χ3v) is 3.11. The minimum absolute atomic E-state index is 0.148. The van der Waals surface area contributed by atoms with E-state index in [2.05, 4.69) is 24.0 Å². The minimum Gasteiger partial charge on any atom is -0.396 e. The zero-order valence-electron chi connectivity index (χ0n) is 9.53. The number of aryl methyl sites for hydroxylation is 1. The highest BCUT2D eigenvalue weighted by atomic mass is 16.3. The minimum atomic E-state index is 0.148. The SMILES string of the molecule is Cc1[nH]c2ccccc2c1CC(CN)CO. The lowest BCUT2D eigenvalue weighted by Gasteiger charge is -2.11. The molecular formula is C13H18N2O. The van der Waals surface area contributed by atoms with E-state index in [0.717, 1.165) is 11.9 Å². The number of H-pyrrole nitrogens is 1. The Labute approximate surface area is 95.3 Å². The molecule has 86 valence electrons. The summed E-state index contributed by atoms with van der Waals surface area (Å²) in [6.07, 6.45) is 0.836. The van der Waals surface area contributed by atoms with Crippen LogP contribution in [-0.4, -0.2) is 23.2 Å². The van der Waals surface area contributed by atoms with Crippen LogP contribution in [0, 0.1) is 12.8 Å². The first kappa shape index (κ1) is 11.2. The maximum absolute atomic E-state index is 9.20. The van der Waals surface area contributed by atoms with E-state index in [1.54, 1.807) is 0 Å². The Bertz CT molecular complexity index is 472. The summed E-state index contributed by atoms with van der Waals surface area (Å²) in [5, 5.41) is 10.4. The van der Waals surface area contributed by atoms with Crippen molar-refractivity contribution in [3.63, 3.8) is 0 Å². The Morgan fingerprint density at radius 2 is 2.12 bits per heavy atom. The van der Waals surface area contributed by atoms with Gasteiger partial charge < -0.3 is 15.8 Å². The number of para-hydroxylation sites is 1. The van der Waals surface area contributed by atoms with Crippen molar-refractivity contribution >= 4 is 10.9 Å². The Morgan fingerprint density at radius 3 is 2.81 bits per heavy atom. The van der Waals surface area contributed by atoms with Crippen molar-refractivity contribution < 1.29 is 5.11 Å². The highest BCUT2D eigenvalue weighted by Crippen LogP contribution is 2.24. The Hall–Kier alpha value is -1.32. The van der Waals surface area contributed by atoms with E-state index >= 15 is 0 Å². The summed E-state index contributed by atoms with van der Waals surface area (Å²) in [6, 6.07) is 8.24. The van der Waals surface area contributed by atoms with Crippen molar-refractivity contribution in [1.29, 1.82) is 0 Å². The molecule has 2 rings (SSSR count). The largest absolute Gasteiger partial charge is 0.396 e. The normalized spacial score (nSPS) is 13.2. The molecule has 0 amide bonds. The van der Waals surface area contributed by atoms with Gasteiger partial charge in [-0.05, 0) is 37.4 Å². The van der Waals surface area contributed by atoms with E-state index in [-0.39, 0.29) is 12.5 Å². The molecule has 1 aromatic heterocycles. The lowest BCUT2D eigenvalue weighted by atomic mass is 9.98. The van der Waals surface area contributed by atoms with E-state index in [4.69, 9.17) is 5.73 Å². The van der Waals surface area contributed by atoms with Crippen LogP contribution in [0.4, 0.5) is 0 Å². The van der Waals surface area contributed by atoms with Gasteiger partial charge in [0.15, 0.2) is 0 Å². The van der Waals surface area contributed by atoms with Crippen molar-refractivity contribution in [2.24, 2.45) is 11.7 Å². The third-order valence-electron chi connectivity index (χ3n) is 3.11. The van der Waals surface area contributed by atoms with Gasteiger partial charge in [0, 0.05) is 23.2 Å². The highest BCUT2D eigenvalue weighted by Gasteiger charge is 2.12. The summed E-state index contributed by atoms with van der Waals surface area (Å²) in [5.41, 5.74) is 9.23. The van der Waals surface area contributed by atoms with Gasteiger partial charge in [-0.25, -0.2) is 0 Å². The summed E-state index contributed by atoms with van der Waals surface area (Å²) >= 11 is 0. The first-order valence-electron chi connectivity index (χ1n) is 5.63. The predicted octanol–water partition coefficient (Wildman–Crippen LogP) is 1.59. The third kappa shape index (κ3) is 1.96. The van der Waals surface area contributed by atoms with Gasteiger partial charge in [-0.3, -0.25) is 0 Å². The molecule has 2 aromatic rings. The number of rotatable bonds is 4. The number of hydrogen-bond donors (Lipinski definition) is 3. The molecule has 0 saturated carbocycles. The van der Waals surface area contributed by atoms with Crippen LogP contribution in [0.1, 0.15) is 11.3 Å². The first-order chi connectivity index (χ1) is 7.76. The van der Waals surface area contributed by atoms with Gasteiger partial charge in [0.2, 0.25) is 0 Å². The van der Waals surface area contributed by atoms with Gasteiger partial charge >= 0.3 is 0 Å². The van der Waals surface area contributed by atoms with Gasteiger partial charge in [0.25, 0.3) is 0 Å². The summed E-state index contributed by atoms with van der Waals surface area (Å²) in [7, 11) is 0. The number of fused-ring (bicyclic) bond motifs is 1. The molecule has 0 aliphatic carbocycles. The molecule has 1 heterocycles. The van der Waals surface area contributed by atoms with Gasteiger partial charge in [0.05, 0.1) is 0 Å². The molecule has 0 bridgehead atoms. The molecule has 3 nitrogen and oxygen atoms in total. The Morgan fingerprint density at radius 1 is 1.38 bits per heavy atom. The molecule has 0 spiro atoms. The summed E-state index contributed by atoms with van der Waals surface area (Å²) in [6.45, 7) is 2.74. The lowest BCUT2D eigenvalue weighted by molar-refractivity contribution is 0.230. The number of nitrogens with one attached hydrogen (secondary N) is 1. The Kier molecular flexibility index (Phi) is 3.27. The van der Waals surface area contributed by atoms with Crippen molar-refractivity contribution in [3.05, 3.63) is 35.5 Å². The van der Waals surface area contributed by atoms with Crippen molar-refractivity contribution in [3.8, 4) is 0 Å². The van der Waals surface area contributed by atoms with Crippen LogP contribution < -0.4 is 5.73 Å². The molecular weight excluding hydrogens is 200 g/mol. The van der Waals surface area contributed by atoms with E-state index in [1.807, 2.05) is 12.1 Å². The molecule has 1 aromatic carbocycles. The summed E-state index contributed by atoms with van der Waals surface area (Å²) < 4.78 is 0. The predicted molar refractivity (Wildman–Crippen MR) is 66.4 cm³/mol. The molecule has 1 unspecified atom stereocenters. The smallest absolute Gasteiger partial charge is 0.0474 e. The van der Waals surface area contributed by atoms with Crippen LogP contribution in [0.15, 0.2) is 24.3 Å². The van der Waals surface area contributed by atoms with Gasteiger partial charge in [-0.15, -0.1) is 0 Å². The molecule has 0 radical (unpaired) electrons. The summed E-state index contributed by atoms with van der Waals surface area (Å²) in [4.78, 5) is 3.36. The van der Waals surface area contributed by atoms with E-state index in [0.29, 0.717) is 6.54 Å². The number of benzene rings is 1. The molecule has 0 saturated heterocycles. The quantitative estimate of drug-likeness (QED) is 0.729. The average molecular weight is 218 g/mol. The van der Waals surface area contributed by atoms with Crippen molar-refractivity contribution in [2.45, 2.75) is 13.3 Å². The maximum Gasteiger partial charge on any atom is 0.0474 e. The monoisotopic (exact) mass is 218 g/mol. The fourth-order valence-corrected chi connectivity index (χ4v) is 2.11. The van der Waals surface area contributed by atoms with E-state index in [9.17, 15) is 5.11 Å².